The highest BCUT2D eigenvalue weighted by atomic mass is 35.7. The minimum absolute atomic E-state index is 0.0885. The molecule has 1 fully saturated rings. The van der Waals surface area contributed by atoms with E-state index in [1.807, 2.05) is 0 Å². The molecule has 0 unspecified atom stereocenters. The third-order valence-electron chi connectivity index (χ3n) is 2.85. The molecule has 16 heavy (non-hydrogen) atoms. The van der Waals surface area contributed by atoms with Gasteiger partial charge in [-0.2, -0.15) is 0 Å². The summed E-state index contributed by atoms with van der Waals surface area (Å²) in [5.74, 6) is -0.448. The molecule has 2 rings (SSSR count). The number of hydrogen-bond acceptors (Lipinski definition) is 2. The van der Waals surface area contributed by atoms with Crippen LogP contribution < -0.4 is 0 Å². The van der Waals surface area contributed by atoms with Gasteiger partial charge in [-0.15, -0.1) is 0 Å². The molecule has 0 radical (unpaired) electrons. The second-order valence-electron chi connectivity index (χ2n) is 4.03. The molecule has 0 amide bonds. The van der Waals surface area contributed by atoms with Gasteiger partial charge in [0.1, 0.15) is 5.82 Å². The van der Waals surface area contributed by atoms with Gasteiger partial charge in [0.15, 0.2) is 0 Å². The van der Waals surface area contributed by atoms with Gasteiger partial charge in [-0.1, -0.05) is 11.6 Å². The Morgan fingerprint density at radius 3 is 2.50 bits per heavy atom. The Bertz CT molecular complexity index is 524. The molecule has 0 spiro atoms. The van der Waals surface area contributed by atoms with Crippen molar-refractivity contribution in [3.63, 3.8) is 0 Å². The van der Waals surface area contributed by atoms with Crippen molar-refractivity contribution >= 4 is 31.3 Å². The van der Waals surface area contributed by atoms with E-state index in [0.29, 0.717) is 23.4 Å². The first-order chi connectivity index (χ1) is 7.34. The molecule has 0 aromatic heterocycles. The molecule has 1 aliphatic carbocycles. The minimum atomic E-state index is -3.66. The van der Waals surface area contributed by atoms with Gasteiger partial charge < -0.3 is 0 Å². The molecular weight excluding hydrogens is 274 g/mol. The topological polar surface area (TPSA) is 34.1 Å². The van der Waals surface area contributed by atoms with E-state index in [-0.39, 0.29) is 6.42 Å². The summed E-state index contributed by atoms with van der Waals surface area (Å²) in [5.41, 5.74) is 0.300. The van der Waals surface area contributed by atoms with Gasteiger partial charge in [0.05, 0.1) is 4.75 Å². The zero-order valence-electron chi connectivity index (χ0n) is 8.21. The van der Waals surface area contributed by atoms with Crippen LogP contribution in [-0.4, -0.2) is 13.2 Å². The molecule has 0 bridgehead atoms. The summed E-state index contributed by atoms with van der Waals surface area (Å²) in [7, 11) is 1.69. The van der Waals surface area contributed by atoms with Gasteiger partial charge in [0, 0.05) is 15.7 Å². The number of benzene rings is 1. The number of hydrogen-bond donors (Lipinski definition) is 0. The Balaban J connectivity index is 2.32. The highest BCUT2D eigenvalue weighted by Crippen LogP contribution is 2.48. The highest BCUT2D eigenvalue weighted by Gasteiger charge is 2.53. The van der Waals surface area contributed by atoms with E-state index in [1.165, 1.54) is 18.2 Å². The Morgan fingerprint density at radius 2 is 2.00 bits per heavy atom. The van der Waals surface area contributed by atoms with Gasteiger partial charge >= 0.3 is 0 Å². The summed E-state index contributed by atoms with van der Waals surface area (Å²) in [4.78, 5) is 0. The molecule has 0 N–H and O–H groups in total. The normalized spacial score (nSPS) is 18.4. The highest BCUT2D eigenvalue weighted by molar-refractivity contribution is 8.15. The molecule has 0 atom stereocenters. The fourth-order valence-electron chi connectivity index (χ4n) is 1.67. The summed E-state index contributed by atoms with van der Waals surface area (Å²) in [6.45, 7) is 0. The first-order valence-corrected chi connectivity index (χ1v) is 7.41. The van der Waals surface area contributed by atoms with Crippen LogP contribution in [0.5, 0.6) is 0 Å². The van der Waals surface area contributed by atoms with Gasteiger partial charge in [-0.25, -0.2) is 12.8 Å². The van der Waals surface area contributed by atoms with E-state index in [4.69, 9.17) is 22.3 Å². The average Bonchev–Trinajstić information content (AvgIpc) is 2.91. The molecule has 1 aromatic rings. The van der Waals surface area contributed by atoms with Crippen LogP contribution in [0.15, 0.2) is 18.2 Å². The molecule has 1 saturated carbocycles. The third kappa shape index (κ3) is 2.19. The molecule has 1 aliphatic rings. The second-order valence-corrected chi connectivity index (χ2v) is 7.43. The van der Waals surface area contributed by atoms with Crippen LogP contribution in [0, 0.1) is 5.82 Å². The lowest BCUT2D eigenvalue weighted by atomic mass is 10.1. The van der Waals surface area contributed by atoms with Crippen LogP contribution in [0.4, 0.5) is 4.39 Å². The summed E-state index contributed by atoms with van der Waals surface area (Å²) < 4.78 is 35.1. The molecule has 1 aromatic carbocycles. The third-order valence-corrected chi connectivity index (χ3v) is 5.65. The van der Waals surface area contributed by atoms with E-state index in [2.05, 4.69) is 0 Å². The maximum atomic E-state index is 13.4. The second kappa shape index (κ2) is 3.86. The zero-order valence-corrected chi connectivity index (χ0v) is 10.5. The quantitative estimate of drug-likeness (QED) is 0.799. The van der Waals surface area contributed by atoms with Crippen LogP contribution in [0.3, 0.4) is 0 Å². The summed E-state index contributed by atoms with van der Waals surface area (Å²) in [6.07, 6.45) is 1.04. The molecule has 0 aliphatic heterocycles. The van der Waals surface area contributed by atoms with Crippen LogP contribution in [-0.2, 0) is 15.5 Å². The van der Waals surface area contributed by atoms with Crippen LogP contribution in [0.25, 0.3) is 0 Å². The van der Waals surface area contributed by atoms with Crippen molar-refractivity contribution in [1.82, 2.24) is 0 Å². The molecule has 0 heterocycles. The van der Waals surface area contributed by atoms with E-state index < -0.39 is 19.6 Å². The first-order valence-electron chi connectivity index (χ1n) is 4.72. The standard InChI is InChI=1S/C10H9Cl2FO2S/c11-8-1-2-9(13)7(5-8)6-10(3-4-10)16(12,14)15/h1-2,5H,3-4,6H2. The lowest BCUT2D eigenvalue weighted by molar-refractivity contribution is 0.579. The van der Waals surface area contributed by atoms with Crippen LogP contribution >= 0.6 is 22.3 Å². The fourth-order valence-corrected chi connectivity index (χ4v) is 3.41. The fraction of sp³-hybridized carbons (Fsp3) is 0.400. The molecule has 0 saturated heterocycles. The SMILES string of the molecule is O=S(=O)(Cl)C1(Cc2cc(Cl)ccc2F)CC1. The molecule has 6 heteroatoms. The van der Waals surface area contributed by atoms with Crippen molar-refractivity contribution in [1.29, 1.82) is 0 Å². The Labute approximate surface area is 103 Å². The summed E-state index contributed by atoms with van der Waals surface area (Å²) in [6, 6.07) is 4.10. The summed E-state index contributed by atoms with van der Waals surface area (Å²) >= 11 is 5.73. The van der Waals surface area contributed by atoms with E-state index in [1.54, 1.807) is 0 Å². The summed E-state index contributed by atoms with van der Waals surface area (Å²) in [5, 5.41) is 0.388. The van der Waals surface area contributed by atoms with Gasteiger partial charge in [-0.05, 0) is 43.0 Å². The zero-order chi connectivity index (χ0) is 12.0. The molecular formula is C10H9Cl2FO2S. The first kappa shape index (κ1) is 12.1. The van der Waals surface area contributed by atoms with E-state index in [0.717, 1.165) is 0 Å². The predicted molar refractivity (Wildman–Crippen MR) is 61.9 cm³/mol. The smallest absolute Gasteiger partial charge is 0.212 e. The van der Waals surface area contributed by atoms with Crippen molar-refractivity contribution in [2.45, 2.75) is 24.0 Å². The van der Waals surface area contributed by atoms with Crippen molar-refractivity contribution in [2.75, 3.05) is 0 Å². The van der Waals surface area contributed by atoms with Crippen LogP contribution in [0.1, 0.15) is 18.4 Å². The van der Waals surface area contributed by atoms with Gasteiger partial charge in [0.25, 0.3) is 0 Å². The van der Waals surface area contributed by atoms with Crippen LogP contribution in [0.2, 0.25) is 5.02 Å². The van der Waals surface area contributed by atoms with Gasteiger partial charge in [0.2, 0.25) is 9.05 Å². The Hall–Kier alpha value is -0.320. The van der Waals surface area contributed by atoms with Crippen molar-refractivity contribution in [3.8, 4) is 0 Å². The lowest BCUT2D eigenvalue weighted by Gasteiger charge is -2.11. The number of halogens is 3. The van der Waals surface area contributed by atoms with Crippen molar-refractivity contribution < 1.29 is 12.8 Å². The number of rotatable bonds is 3. The lowest BCUT2D eigenvalue weighted by Crippen LogP contribution is -2.21. The largest absolute Gasteiger partial charge is 0.238 e. The monoisotopic (exact) mass is 282 g/mol. The predicted octanol–water partition coefficient (Wildman–Crippen LogP) is 3.12. The minimum Gasteiger partial charge on any atom is -0.212 e. The average molecular weight is 283 g/mol. The maximum absolute atomic E-state index is 13.4. The molecule has 2 nitrogen and oxygen atoms in total. The Kier molecular flexibility index (Phi) is 2.93. The van der Waals surface area contributed by atoms with Crippen molar-refractivity contribution in [2.24, 2.45) is 0 Å². The molecule has 88 valence electrons. The van der Waals surface area contributed by atoms with Gasteiger partial charge in [-0.3, -0.25) is 0 Å². The van der Waals surface area contributed by atoms with Crippen molar-refractivity contribution in [3.05, 3.63) is 34.6 Å². The van der Waals surface area contributed by atoms with E-state index >= 15 is 0 Å². The maximum Gasteiger partial charge on any atom is 0.238 e. The van der Waals surface area contributed by atoms with E-state index in [9.17, 15) is 12.8 Å². The Morgan fingerprint density at radius 1 is 1.38 bits per heavy atom.